The van der Waals surface area contributed by atoms with Crippen molar-refractivity contribution in [3.05, 3.63) is 52.6 Å². The maximum atomic E-state index is 13.9. The average Bonchev–Trinajstić information content (AvgIpc) is 3.06. The van der Waals surface area contributed by atoms with Crippen LogP contribution in [-0.2, 0) is 17.9 Å². The van der Waals surface area contributed by atoms with Gasteiger partial charge in [0.25, 0.3) is 5.91 Å². The fourth-order valence-electron chi connectivity index (χ4n) is 2.90. The summed E-state index contributed by atoms with van der Waals surface area (Å²) in [4.78, 5) is 26.9. The molecule has 0 unspecified atom stereocenters. The average molecular weight is 381 g/mol. The minimum Gasteiger partial charge on any atom is -0.480 e. The van der Waals surface area contributed by atoms with E-state index in [0.717, 1.165) is 0 Å². The molecule has 1 aliphatic heterocycles. The highest BCUT2D eigenvalue weighted by molar-refractivity contribution is 6.31. The van der Waals surface area contributed by atoms with Crippen molar-refractivity contribution in [3.8, 4) is 0 Å². The first kappa shape index (κ1) is 18.3. The van der Waals surface area contributed by atoms with Crippen LogP contribution in [0.25, 0.3) is 0 Å². The number of halogens is 2. The standard InChI is InChI=1S/C17H18ClFN4O3/c18-14-2-1-3-15(19)13(14)10-21-4-6-22(7-5-21)17(26)12-8-20-23(9-12)11-16(24)25/h1-3,8-9H,4-7,10-11H2,(H,24,25). The lowest BCUT2D eigenvalue weighted by Gasteiger charge is -2.34. The SMILES string of the molecule is O=C(O)Cn1cc(C(=O)N2CCN(Cc3c(F)cccc3Cl)CC2)cn1. The largest absolute Gasteiger partial charge is 0.480 e. The van der Waals surface area contributed by atoms with Crippen LogP contribution in [-0.4, -0.2) is 62.7 Å². The van der Waals surface area contributed by atoms with Crippen molar-refractivity contribution in [1.82, 2.24) is 19.6 Å². The Morgan fingerprint density at radius 1 is 1.23 bits per heavy atom. The van der Waals surface area contributed by atoms with Crippen molar-refractivity contribution >= 4 is 23.5 Å². The third kappa shape index (κ3) is 4.20. The summed E-state index contributed by atoms with van der Waals surface area (Å²) in [5.41, 5.74) is 0.820. The molecule has 0 atom stereocenters. The molecule has 0 radical (unpaired) electrons. The van der Waals surface area contributed by atoms with Gasteiger partial charge in [0.05, 0.1) is 11.8 Å². The smallest absolute Gasteiger partial charge is 0.325 e. The molecule has 2 aromatic rings. The molecule has 1 amide bonds. The highest BCUT2D eigenvalue weighted by Crippen LogP contribution is 2.21. The zero-order valence-electron chi connectivity index (χ0n) is 13.9. The molecule has 1 fully saturated rings. The maximum Gasteiger partial charge on any atom is 0.325 e. The summed E-state index contributed by atoms with van der Waals surface area (Å²) >= 11 is 6.06. The number of hydrogen-bond acceptors (Lipinski definition) is 4. The lowest BCUT2D eigenvalue weighted by Crippen LogP contribution is -2.48. The van der Waals surface area contributed by atoms with Crippen LogP contribution >= 0.6 is 11.6 Å². The van der Waals surface area contributed by atoms with E-state index in [1.165, 1.54) is 23.1 Å². The predicted octanol–water partition coefficient (Wildman–Crippen LogP) is 1.72. The van der Waals surface area contributed by atoms with Gasteiger partial charge in [-0.3, -0.25) is 19.2 Å². The molecule has 3 rings (SSSR count). The van der Waals surface area contributed by atoms with E-state index in [1.807, 2.05) is 4.90 Å². The Kier molecular flexibility index (Phi) is 5.53. The number of benzene rings is 1. The minimum absolute atomic E-state index is 0.190. The molecule has 0 bridgehead atoms. The number of piperazine rings is 1. The Labute approximate surface area is 154 Å². The third-order valence-electron chi connectivity index (χ3n) is 4.28. The van der Waals surface area contributed by atoms with Crippen molar-refractivity contribution in [2.45, 2.75) is 13.1 Å². The predicted molar refractivity (Wildman–Crippen MR) is 92.5 cm³/mol. The molecule has 1 N–H and O–H groups in total. The van der Waals surface area contributed by atoms with Crippen molar-refractivity contribution < 1.29 is 19.1 Å². The van der Waals surface area contributed by atoms with Gasteiger partial charge in [-0.1, -0.05) is 17.7 Å². The second-order valence-electron chi connectivity index (χ2n) is 6.09. The maximum absolute atomic E-state index is 13.9. The van der Waals surface area contributed by atoms with Gasteiger partial charge >= 0.3 is 5.97 Å². The molecular formula is C17H18ClFN4O3. The number of hydrogen-bond donors (Lipinski definition) is 1. The molecule has 9 heteroatoms. The van der Waals surface area contributed by atoms with Crippen LogP contribution in [0.3, 0.4) is 0 Å². The van der Waals surface area contributed by atoms with E-state index in [2.05, 4.69) is 5.10 Å². The minimum atomic E-state index is -1.02. The second-order valence-corrected chi connectivity index (χ2v) is 6.50. The quantitative estimate of drug-likeness (QED) is 0.854. The number of nitrogens with zero attached hydrogens (tertiary/aromatic N) is 4. The lowest BCUT2D eigenvalue weighted by atomic mass is 10.1. The van der Waals surface area contributed by atoms with Gasteiger partial charge in [-0.2, -0.15) is 5.10 Å². The first-order valence-electron chi connectivity index (χ1n) is 8.13. The van der Waals surface area contributed by atoms with Crippen molar-refractivity contribution in [2.24, 2.45) is 0 Å². The van der Waals surface area contributed by atoms with Gasteiger partial charge in [0.15, 0.2) is 0 Å². The lowest BCUT2D eigenvalue weighted by molar-refractivity contribution is -0.137. The first-order chi connectivity index (χ1) is 12.4. The highest BCUT2D eigenvalue weighted by Gasteiger charge is 2.24. The fraction of sp³-hybridized carbons (Fsp3) is 0.353. The summed E-state index contributed by atoms with van der Waals surface area (Å²) in [6.45, 7) is 2.29. The van der Waals surface area contributed by atoms with Gasteiger partial charge in [-0.05, 0) is 12.1 Å². The molecule has 1 aliphatic rings. The summed E-state index contributed by atoms with van der Waals surface area (Å²) in [5, 5.41) is 13.0. The molecule has 2 heterocycles. The molecule has 0 saturated carbocycles. The Bertz CT molecular complexity index is 798. The van der Waals surface area contributed by atoms with Crippen LogP contribution in [0.1, 0.15) is 15.9 Å². The second kappa shape index (κ2) is 7.84. The van der Waals surface area contributed by atoms with Crippen LogP contribution in [0.5, 0.6) is 0 Å². The first-order valence-corrected chi connectivity index (χ1v) is 8.50. The van der Waals surface area contributed by atoms with E-state index in [1.54, 1.807) is 17.0 Å². The zero-order valence-corrected chi connectivity index (χ0v) is 14.7. The topological polar surface area (TPSA) is 78.7 Å². The summed E-state index contributed by atoms with van der Waals surface area (Å²) in [5.74, 6) is -1.54. The Morgan fingerprint density at radius 3 is 2.62 bits per heavy atom. The van der Waals surface area contributed by atoms with Gasteiger partial charge < -0.3 is 10.0 Å². The van der Waals surface area contributed by atoms with E-state index in [0.29, 0.717) is 48.9 Å². The zero-order chi connectivity index (χ0) is 18.7. The van der Waals surface area contributed by atoms with Gasteiger partial charge in [0, 0.05) is 49.5 Å². The summed E-state index contributed by atoms with van der Waals surface area (Å²) in [7, 11) is 0. The molecule has 138 valence electrons. The summed E-state index contributed by atoms with van der Waals surface area (Å²) in [6.07, 6.45) is 2.80. The third-order valence-corrected chi connectivity index (χ3v) is 4.63. The number of carbonyl (C=O) groups is 2. The number of rotatable bonds is 5. The van der Waals surface area contributed by atoms with Crippen molar-refractivity contribution in [1.29, 1.82) is 0 Å². The van der Waals surface area contributed by atoms with Gasteiger partial charge in [0.1, 0.15) is 12.4 Å². The molecular weight excluding hydrogens is 363 g/mol. The molecule has 7 nitrogen and oxygen atoms in total. The molecule has 1 aromatic heterocycles. The summed E-state index contributed by atoms with van der Waals surface area (Å²) < 4.78 is 15.1. The van der Waals surface area contributed by atoms with E-state index in [-0.39, 0.29) is 18.3 Å². The Hall–Kier alpha value is -2.45. The molecule has 0 aliphatic carbocycles. The van der Waals surface area contributed by atoms with Crippen molar-refractivity contribution in [3.63, 3.8) is 0 Å². The monoisotopic (exact) mass is 380 g/mol. The number of carboxylic acids is 1. The van der Waals surface area contributed by atoms with Gasteiger partial charge in [0.2, 0.25) is 0 Å². The number of amides is 1. The van der Waals surface area contributed by atoms with Crippen molar-refractivity contribution in [2.75, 3.05) is 26.2 Å². The van der Waals surface area contributed by atoms with Crippen LogP contribution in [0.4, 0.5) is 4.39 Å². The molecule has 0 spiro atoms. The van der Waals surface area contributed by atoms with E-state index in [4.69, 9.17) is 16.7 Å². The van der Waals surface area contributed by atoms with Crippen LogP contribution in [0, 0.1) is 5.82 Å². The van der Waals surface area contributed by atoms with E-state index >= 15 is 0 Å². The molecule has 1 aromatic carbocycles. The van der Waals surface area contributed by atoms with E-state index < -0.39 is 5.97 Å². The Balaban J connectivity index is 1.57. The number of aliphatic carboxylic acids is 1. The van der Waals surface area contributed by atoms with E-state index in [9.17, 15) is 14.0 Å². The molecule has 26 heavy (non-hydrogen) atoms. The fourth-order valence-corrected chi connectivity index (χ4v) is 3.12. The van der Waals surface area contributed by atoms with Gasteiger partial charge in [-0.15, -0.1) is 0 Å². The number of carboxylic acid groups (broad SMARTS) is 1. The Morgan fingerprint density at radius 2 is 1.96 bits per heavy atom. The molecule has 1 saturated heterocycles. The van der Waals surface area contributed by atoms with Crippen LogP contribution < -0.4 is 0 Å². The van der Waals surface area contributed by atoms with Crippen LogP contribution in [0.15, 0.2) is 30.6 Å². The summed E-state index contributed by atoms with van der Waals surface area (Å²) in [6, 6.07) is 4.62. The highest BCUT2D eigenvalue weighted by atomic mass is 35.5. The van der Waals surface area contributed by atoms with Crippen LogP contribution in [0.2, 0.25) is 5.02 Å². The normalized spacial score (nSPS) is 15.2. The number of carbonyl (C=O) groups excluding carboxylic acids is 1. The van der Waals surface area contributed by atoms with Gasteiger partial charge in [-0.25, -0.2) is 4.39 Å². The number of aromatic nitrogens is 2.